The van der Waals surface area contributed by atoms with Gasteiger partial charge in [-0.15, -0.1) is 0 Å². The van der Waals surface area contributed by atoms with Gasteiger partial charge < -0.3 is 14.8 Å². The number of ether oxygens (including phenoxy) is 2. The first-order chi connectivity index (χ1) is 6.81. The number of alkyl carbamates (subject to hydrolysis) is 1. The maximum absolute atomic E-state index is 10.7. The van der Waals surface area contributed by atoms with Crippen LogP contribution < -0.4 is 5.32 Å². The van der Waals surface area contributed by atoms with Gasteiger partial charge in [0.15, 0.2) is 0 Å². The van der Waals surface area contributed by atoms with E-state index in [4.69, 9.17) is 4.74 Å². The third kappa shape index (κ3) is 13.8. The molecule has 0 saturated carbocycles. The first-order valence-corrected chi connectivity index (χ1v) is 5.29. The molecule has 0 rings (SSSR count). The second-order valence-electron chi connectivity index (χ2n) is 2.20. The number of rotatable bonds is 6. The Morgan fingerprint density at radius 3 is 2.36 bits per heavy atom. The standard InChI is InChI=1S/C8H17NO3.C2H6/c1-3-11-7-5-6-9-8(10)12-4-2;1-2/h3-7H2,1-2H3,(H,9,10);1-2H3. The molecule has 0 aromatic carbocycles. The molecular weight excluding hydrogens is 182 g/mol. The minimum Gasteiger partial charge on any atom is -0.450 e. The van der Waals surface area contributed by atoms with E-state index in [1.165, 1.54) is 0 Å². The van der Waals surface area contributed by atoms with Gasteiger partial charge in [0, 0.05) is 19.8 Å². The molecule has 0 unspecified atom stereocenters. The smallest absolute Gasteiger partial charge is 0.407 e. The van der Waals surface area contributed by atoms with Gasteiger partial charge in [0.25, 0.3) is 0 Å². The molecule has 0 aliphatic rings. The fourth-order valence-corrected chi connectivity index (χ4v) is 0.691. The summed E-state index contributed by atoms with van der Waals surface area (Å²) in [5, 5.41) is 2.60. The number of hydrogen-bond acceptors (Lipinski definition) is 3. The highest BCUT2D eigenvalue weighted by molar-refractivity contribution is 5.66. The summed E-state index contributed by atoms with van der Waals surface area (Å²) < 4.78 is 9.74. The molecule has 0 heterocycles. The van der Waals surface area contributed by atoms with E-state index in [0.29, 0.717) is 19.8 Å². The van der Waals surface area contributed by atoms with E-state index in [0.717, 1.165) is 13.0 Å². The van der Waals surface area contributed by atoms with Crippen molar-refractivity contribution in [1.82, 2.24) is 5.32 Å². The van der Waals surface area contributed by atoms with Gasteiger partial charge in [0.2, 0.25) is 0 Å². The van der Waals surface area contributed by atoms with Crippen LogP contribution in [0.15, 0.2) is 0 Å². The van der Waals surface area contributed by atoms with Crippen LogP contribution in [0.1, 0.15) is 34.1 Å². The van der Waals surface area contributed by atoms with Crippen LogP contribution in [-0.2, 0) is 9.47 Å². The molecule has 4 nitrogen and oxygen atoms in total. The lowest BCUT2D eigenvalue weighted by Crippen LogP contribution is -2.25. The number of carbonyl (C=O) groups excluding carboxylic acids is 1. The molecule has 0 aromatic rings. The Labute approximate surface area is 87.0 Å². The van der Waals surface area contributed by atoms with Gasteiger partial charge in [0.05, 0.1) is 6.61 Å². The van der Waals surface area contributed by atoms with E-state index in [1.807, 2.05) is 20.8 Å². The van der Waals surface area contributed by atoms with Crippen molar-refractivity contribution >= 4 is 6.09 Å². The Bertz CT molecular complexity index is 118. The molecule has 0 aliphatic heterocycles. The molecule has 0 aliphatic carbocycles. The quantitative estimate of drug-likeness (QED) is 0.676. The highest BCUT2D eigenvalue weighted by Gasteiger charge is 1.97. The van der Waals surface area contributed by atoms with Gasteiger partial charge in [-0.2, -0.15) is 0 Å². The highest BCUT2D eigenvalue weighted by Crippen LogP contribution is 1.81. The Hall–Kier alpha value is -0.770. The Morgan fingerprint density at radius 1 is 1.21 bits per heavy atom. The van der Waals surface area contributed by atoms with Crippen molar-refractivity contribution in [1.29, 1.82) is 0 Å². The van der Waals surface area contributed by atoms with Crippen molar-refractivity contribution < 1.29 is 14.3 Å². The van der Waals surface area contributed by atoms with Crippen LogP contribution in [0.5, 0.6) is 0 Å². The summed E-state index contributed by atoms with van der Waals surface area (Å²) in [5.74, 6) is 0. The summed E-state index contributed by atoms with van der Waals surface area (Å²) in [4.78, 5) is 10.7. The van der Waals surface area contributed by atoms with Crippen LogP contribution in [0.4, 0.5) is 4.79 Å². The number of nitrogens with one attached hydrogen (secondary N) is 1. The summed E-state index contributed by atoms with van der Waals surface area (Å²) in [7, 11) is 0. The van der Waals surface area contributed by atoms with Crippen LogP contribution >= 0.6 is 0 Å². The predicted molar refractivity (Wildman–Crippen MR) is 57.5 cm³/mol. The largest absolute Gasteiger partial charge is 0.450 e. The first-order valence-electron chi connectivity index (χ1n) is 5.29. The van der Waals surface area contributed by atoms with Crippen molar-refractivity contribution in [2.24, 2.45) is 0 Å². The fourth-order valence-electron chi connectivity index (χ4n) is 0.691. The molecule has 1 amide bonds. The zero-order valence-corrected chi connectivity index (χ0v) is 9.76. The molecule has 0 spiro atoms. The van der Waals surface area contributed by atoms with Gasteiger partial charge >= 0.3 is 6.09 Å². The number of amides is 1. The third-order valence-corrected chi connectivity index (χ3v) is 1.21. The predicted octanol–water partition coefficient (Wildman–Crippen LogP) is 2.19. The van der Waals surface area contributed by atoms with E-state index < -0.39 is 0 Å². The SMILES string of the molecule is CC.CCOCCCNC(=O)OCC. The monoisotopic (exact) mass is 205 g/mol. The normalized spacial score (nSPS) is 8.57. The molecule has 0 bridgehead atoms. The first kappa shape index (κ1) is 15.7. The van der Waals surface area contributed by atoms with E-state index in [1.54, 1.807) is 6.92 Å². The van der Waals surface area contributed by atoms with Gasteiger partial charge in [-0.3, -0.25) is 0 Å². The molecule has 4 heteroatoms. The second kappa shape index (κ2) is 14.7. The fraction of sp³-hybridized carbons (Fsp3) is 0.900. The van der Waals surface area contributed by atoms with E-state index in [2.05, 4.69) is 10.1 Å². The van der Waals surface area contributed by atoms with Gasteiger partial charge in [-0.05, 0) is 20.3 Å². The van der Waals surface area contributed by atoms with Crippen LogP contribution in [0.3, 0.4) is 0 Å². The summed E-state index contributed by atoms with van der Waals surface area (Å²) in [6.07, 6.45) is 0.473. The molecule has 0 fully saturated rings. The second-order valence-corrected chi connectivity index (χ2v) is 2.20. The summed E-state index contributed by atoms with van der Waals surface area (Å²) in [6, 6.07) is 0. The molecule has 86 valence electrons. The van der Waals surface area contributed by atoms with Crippen molar-refractivity contribution in [2.45, 2.75) is 34.1 Å². The van der Waals surface area contributed by atoms with Crippen LogP contribution in [-0.4, -0.2) is 32.5 Å². The van der Waals surface area contributed by atoms with Gasteiger partial charge in [-0.1, -0.05) is 13.8 Å². The maximum atomic E-state index is 10.7. The topological polar surface area (TPSA) is 47.6 Å². The van der Waals surface area contributed by atoms with Crippen molar-refractivity contribution in [2.75, 3.05) is 26.4 Å². The molecule has 0 saturated heterocycles. The molecule has 1 N–H and O–H groups in total. The van der Waals surface area contributed by atoms with Crippen LogP contribution in [0.25, 0.3) is 0 Å². The van der Waals surface area contributed by atoms with Crippen LogP contribution in [0, 0.1) is 0 Å². The third-order valence-electron chi connectivity index (χ3n) is 1.21. The van der Waals surface area contributed by atoms with E-state index >= 15 is 0 Å². The molecule has 14 heavy (non-hydrogen) atoms. The number of carbonyl (C=O) groups is 1. The van der Waals surface area contributed by atoms with E-state index in [-0.39, 0.29) is 6.09 Å². The highest BCUT2D eigenvalue weighted by atomic mass is 16.5. The Morgan fingerprint density at radius 2 is 1.86 bits per heavy atom. The lowest BCUT2D eigenvalue weighted by atomic mass is 10.4. The van der Waals surface area contributed by atoms with Crippen LogP contribution in [0.2, 0.25) is 0 Å². The summed E-state index contributed by atoms with van der Waals surface area (Å²) >= 11 is 0. The van der Waals surface area contributed by atoms with Crippen molar-refractivity contribution in [3.63, 3.8) is 0 Å². The zero-order valence-electron chi connectivity index (χ0n) is 9.76. The Balaban J connectivity index is 0. The lowest BCUT2D eigenvalue weighted by Gasteiger charge is -2.04. The molecular formula is C10H23NO3. The summed E-state index contributed by atoms with van der Waals surface area (Å²) in [6.45, 7) is 10.1. The molecule has 0 atom stereocenters. The number of hydrogen-bond donors (Lipinski definition) is 1. The zero-order chi connectivity index (χ0) is 11.2. The molecule has 0 radical (unpaired) electrons. The lowest BCUT2D eigenvalue weighted by molar-refractivity contribution is 0.137. The average Bonchev–Trinajstić information content (AvgIpc) is 2.21. The average molecular weight is 205 g/mol. The van der Waals surface area contributed by atoms with Gasteiger partial charge in [-0.25, -0.2) is 4.79 Å². The Kier molecular flexibility index (Phi) is 16.5. The minimum atomic E-state index is -0.353. The van der Waals surface area contributed by atoms with E-state index in [9.17, 15) is 4.79 Å². The van der Waals surface area contributed by atoms with Crippen molar-refractivity contribution in [3.8, 4) is 0 Å². The minimum absolute atomic E-state index is 0.353. The van der Waals surface area contributed by atoms with Crippen molar-refractivity contribution in [3.05, 3.63) is 0 Å². The molecule has 0 aromatic heterocycles. The summed E-state index contributed by atoms with van der Waals surface area (Å²) in [5.41, 5.74) is 0. The van der Waals surface area contributed by atoms with Gasteiger partial charge in [0.1, 0.15) is 0 Å². The maximum Gasteiger partial charge on any atom is 0.407 e.